The number of carboxylic acid groups (broad SMARTS) is 1. The molecule has 1 heterocycles. The van der Waals surface area contributed by atoms with Gasteiger partial charge in [0, 0.05) is 18.7 Å². The fraction of sp³-hybridized carbons (Fsp3) is 0.467. The minimum Gasteiger partial charge on any atom is -0.480 e. The number of carbonyl (C=O) groups is 2. The Hall–Kier alpha value is -1.88. The first-order valence-corrected chi connectivity index (χ1v) is 6.96. The molecule has 0 aliphatic carbocycles. The molecule has 1 amide bonds. The van der Waals surface area contributed by atoms with Crippen molar-refractivity contribution in [2.24, 2.45) is 0 Å². The number of amides is 1. The van der Waals surface area contributed by atoms with E-state index in [1.165, 1.54) is 17.7 Å². The predicted octanol–water partition coefficient (Wildman–Crippen LogP) is 1.59. The molecule has 0 spiro atoms. The standard InChI is InChI=1S/C15H20N2O3/c18-14(8-11-16-9-4-5-10-16)17(12-15(19)20)13-6-2-1-3-7-13/h1-3,6-7H,4-5,8-12H2,(H,19,20). The molecule has 0 bridgehead atoms. The second-order valence-corrected chi connectivity index (χ2v) is 5.01. The lowest BCUT2D eigenvalue weighted by Crippen LogP contribution is -2.37. The quantitative estimate of drug-likeness (QED) is 0.857. The largest absolute Gasteiger partial charge is 0.480 e. The zero-order valence-electron chi connectivity index (χ0n) is 11.5. The highest BCUT2D eigenvalue weighted by Gasteiger charge is 2.20. The predicted molar refractivity (Wildman–Crippen MR) is 76.7 cm³/mol. The van der Waals surface area contributed by atoms with E-state index in [1.807, 2.05) is 6.07 Å². The summed E-state index contributed by atoms with van der Waals surface area (Å²) in [5.74, 6) is -1.13. The van der Waals surface area contributed by atoms with Crippen LogP contribution < -0.4 is 4.90 Å². The zero-order valence-corrected chi connectivity index (χ0v) is 11.5. The lowest BCUT2D eigenvalue weighted by atomic mass is 10.2. The van der Waals surface area contributed by atoms with Crippen molar-refractivity contribution in [3.05, 3.63) is 30.3 Å². The van der Waals surface area contributed by atoms with Gasteiger partial charge in [0.15, 0.2) is 0 Å². The highest BCUT2D eigenvalue weighted by Crippen LogP contribution is 2.15. The summed E-state index contributed by atoms with van der Waals surface area (Å²) in [6.07, 6.45) is 2.74. The van der Waals surface area contributed by atoms with Gasteiger partial charge >= 0.3 is 5.97 Å². The van der Waals surface area contributed by atoms with Crippen LogP contribution in [0.1, 0.15) is 19.3 Å². The van der Waals surface area contributed by atoms with E-state index in [0.29, 0.717) is 18.7 Å². The van der Waals surface area contributed by atoms with E-state index >= 15 is 0 Å². The summed E-state index contributed by atoms with van der Waals surface area (Å²) in [6.45, 7) is 2.50. The average Bonchev–Trinajstić information content (AvgIpc) is 2.96. The number of hydrogen-bond donors (Lipinski definition) is 1. The van der Waals surface area contributed by atoms with Crippen molar-refractivity contribution < 1.29 is 14.7 Å². The number of nitrogens with zero attached hydrogens (tertiary/aromatic N) is 2. The van der Waals surface area contributed by atoms with E-state index in [-0.39, 0.29) is 12.5 Å². The number of carboxylic acids is 1. The van der Waals surface area contributed by atoms with E-state index in [0.717, 1.165) is 13.1 Å². The Balaban J connectivity index is 1.98. The Morgan fingerprint density at radius 2 is 1.80 bits per heavy atom. The third-order valence-corrected chi connectivity index (χ3v) is 3.50. The number of anilines is 1. The third-order valence-electron chi connectivity index (χ3n) is 3.50. The van der Waals surface area contributed by atoms with E-state index < -0.39 is 5.97 Å². The molecule has 1 aliphatic heterocycles. The van der Waals surface area contributed by atoms with Gasteiger partial charge in [-0.25, -0.2) is 0 Å². The molecule has 1 N–H and O–H groups in total. The molecule has 5 nitrogen and oxygen atoms in total. The van der Waals surface area contributed by atoms with Gasteiger partial charge in [0.1, 0.15) is 6.54 Å². The number of rotatable bonds is 6. The Morgan fingerprint density at radius 1 is 1.15 bits per heavy atom. The summed E-state index contributed by atoms with van der Waals surface area (Å²) < 4.78 is 0. The molecule has 0 aromatic heterocycles. The van der Waals surface area contributed by atoms with Gasteiger partial charge in [-0.3, -0.25) is 9.59 Å². The zero-order chi connectivity index (χ0) is 14.4. The van der Waals surface area contributed by atoms with Crippen molar-refractivity contribution in [3.63, 3.8) is 0 Å². The number of aliphatic carboxylic acids is 1. The molecule has 1 aromatic carbocycles. The van der Waals surface area contributed by atoms with Crippen LogP contribution in [0.4, 0.5) is 5.69 Å². The Kier molecular flexibility index (Phi) is 5.12. The van der Waals surface area contributed by atoms with E-state index in [2.05, 4.69) is 4.90 Å². The Labute approximate surface area is 118 Å². The van der Waals surface area contributed by atoms with Crippen LogP contribution in [0, 0.1) is 0 Å². The topological polar surface area (TPSA) is 60.9 Å². The molecule has 1 fully saturated rings. The van der Waals surface area contributed by atoms with Gasteiger partial charge in [0.25, 0.3) is 0 Å². The van der Waals surface area contributed by atoms with Gasteiger partial charge in [-0.15, -0.1) is 0 Å². The highest BCUT2D eigenvalue weighted by molar-refractivity contribution is 5.97. The fourth-order valence-electron chi connectivity index (χ4n) is 2.46. The van der Waals surface area contributed by atoms with E-state index in [1.54, 1.807) is 24.3 Å². The SMILES string of the molecule is O=C(O)CN(C(=O)CCN1CCCC1)c1ccccc1. The van der Waals surface area contributed by atoms with Gasteiger partial charge in [-0.1, -0.05) is 18.2 Å². The first-order chi connectivity index (χ1) is 9.66. The third kappa shape index (κ3) is 4.06. The van der Waals surface area contributed by atoms with Crippen LogP contribution in [0.5, 0.6) is 0 Å². The fourth-order valence-corrected chi connectivity index (χ4v) is 2.46. The van der Waals surface area contributed by atoms with Crippen molar-refractivity contribution in [1.82, 2.24) is 4.90 Å². The van der Waals surface area contributed by atoms with Crippen molar-refractivity contribution in [2.75, 3.05) is 31.1 Å². The minimum atomic E-state index is -0.997. The average molecular weight is 276 g/mol. The molecular weight excluding hydrogens is 256 g/mol. The number of carbonyl (C=O) groups excluding carboxylic acids is 1. The molecule has 0 atom stereocenters. The molecule has 5 heteroatoms. The van der Waals surface area contributed by atoms with Gasteiger partial charge < -0.3 is 14.9 Å². The number of likely N-dealkylation sites (tertiary alicyclic amines) is 1. The van der Waals surface area contributed by atoms with Crippen molar-refractivity contribution >= 4 is 17.6 Å². The van der Waals surface area contributed by atoms with E-state index in [4.69, 9.17) is 5.11 Å². The lowest BCUT2D eigenvalue weighted by molar-refractivity contribution is -0.136. The summed E-state index contributed by atoms with van der Waals surface area (Å²) in [6, 6.07) is 8.97. The van der Waals surface area contributed by atoms with Crippen molar-refractivity contribution in [2.45, 2.75) is 19.3 Å². The molecule has 0 radical (unpaired) electrons. The molecule has 2 rings (SSSR count). The van der Waals surface area contributed by atoms with Gasteiger partial charge in [-0.05, 0) is 38.1 Å². The normalized spacial score (nSPS) is 15.2. The van der Waals surface area contributed by atoms with Crippen LogP contribution >= 0.6 is 0 Å². The molecule has 1 aromatic rings. The number of hydrogen-bond acceptors (Lipinski definition) is 3. The number of benzene rings is 1. The Bertz CT molecular complexity index is 455. The lowest BCUT2D eigenvalue weighted by Gasteiger charge is -2.22. The first kappa shape index (κ1) is 14.5. The maximum atomic E-state index is 12.3. The molecule has 0 unspecified atom stereocenters. The van der Waals surface area contributed by atoms with Crippen LogP contribution in [0.25, 0.3) is 0 Å². The highest BCUT2D eigenvalue weighted by atomic mass is 16.4. The molecular formula is C15H20N2O3. The van der Waals surface area contributed by atoms with Crippen LogP contribution in [-0.2, 0) is 9.59 Å². The van der Waals surface area contributed by atoms with Crippen molar-refractivity contribution in [1.29, 1.82) is 0 Å². The Morgan fingerprint density at radius 3 is 2.40 bits per heavy atom. The van der Waals surface area contributed by atoms with Crippen LogP contribution in [-0.4, -0.2) is 48.1 Å². The maximum absolute atomic E-state index is 12.3. The second kappa shape index (κ2) is 7.05. The van der Waals surface area contributed by atoms with Crippen LogP contribution in [0.3, 0.4) is 0 Å². The summed E-state index contributed by atoms with van der Waals surface area (Å²) >= 11 is 0. The smallest absolute Gasteiger partial charge is 0.323 e. The van der Waals surface area contributed by atoms with Crippen LogP contribution in [0.15, 0.2) is 30.3 Å². The second-order valence-electron chi connectivity index (χ2n) is 5.01. The summed E-state index contributed by atoms with van der Waals surface area (Å²) in [7, 11) is 0. The molecule has 1 saturated heterocycles. The van der Waals surface area contributed by atoms with Crippen LogP contribution in [0.2, 0.25) is 0 Å². The van der Waals surface area contributed by atoms with Gasteiger partial charge in [0.2, 0.25) is 5.91 Å². The maximum Gasteiger partial charge on any atom is 0.323 e. The summed E-state index contributed by atoms with van der Waals surface area (Å²) in [4.78, 5) is 26.8. The number of para-hydroxylation sites is 1. The van der Waals surface area contributed by atoms with Gasteiger partial charge in [-0.2, -0.15) is 0 Å². The molecule has 0 saturated carbocycles. The summed E-state index contributed by atoms with van der Waals surface area (Å²) in [5, 5.41) is 8.97. The van der Waals surface area contributed by atoms with Gasteiger partial charge in [0.05, 0.1) is 0 Å². The van der Waals surface area contributed by atoms with Crippen molar-refractivity contribution in [3.8, 4) is 0 Å². The molecule has 20 heavy (non-hydrogen) atoms. The van der Waals surface area contributed by atoms with E-state index in [9.17, 15) is 9.59 Å². The summed E-state index contributed by atoms with van der Waals surface area (Å²) in [5.41, 5.74) is 0.640. The first-order valence-electron chi connectivity index (χ1n) is 6.96. The molecule has 1 aliphatic rings. The molecule has 108 valence electrons. The monoisotopic (exact) mass is 276 g/mol. The minimum absolute atomic E-state index is 0.134.